The van der Waals surface area contributed by atoms with Gasteiger partial charge in [-0.05, 0) is 19.1 Å². The molecule has 0 saturated carbocycles. The lowest BCUT2D eigenvalue weighted by Crippen LogP contribution is -2.48. The molecule has 0 spiro atoms. The fraction of sp³-hybridized carbons (Fsp3) is 0.462. The van der Waals surface area contributed by atoms with Gasteiger partial charge in [-0.1, -0.05) is 25.1 Å². The van der Waals surface area contributed by atoms with E-state index in [0.717, 1.165) is 0 Å². The highest BCUT2D eigenvalue weighted by Gasteiger charge is 2.36. The SMILES string of the molecule is C[C@H]1CN(S(=O)(=O)c2ccccc2)[C@@H](C)CC1=O. The molecule has 1 fully saturated rings. The summed E-state index contributed by atoms with van der Waals surface area (Å²) in [4.78, 5) is 11.9. The summed E-state index contributed by atoms with van der Waals surface area (Å²) in [5.41, 5.74) is 0. The number of ketones is 1. The Hall–Kier alpha value is -1.20. The van der Waals surface area contributed by atoms with Gasteiger partial charge in [0.25, 0.3) is 0 Å². The summed E-state index contributed by atoms with van der Waals surface area (Å²) in [6.07, 6.45) is 0.299. The van der Waals surface area contributed by atoms with Crippen LogP contribution in [0.3, 0.4) is 0 Å². The standard InChI is InChI=1S/C13H17NO3S/c1-10-9-14(11(2)8-13(10)15)18(16,17)12-6-4-3-5-7-12/h3-7,10-11H,8-9H2,1-2H3/t10-,11-/m0/s1. The first-order chi connectivity index (χ1) is 8.43. The van der Waals surface area contributed by atoms with Gasteiger partial charge in [-0.2, -0.15) is 4.31 Å². The van der Waals surface area contributed by atoms with Crippen molar-refractivity contribution in [2.45, 2.75) is 31.2 Å². The van der Waals surface area contributed by atoms with Gasteiger partial charge in [-0.15, -0.1) is 0 Å². The van der Waals surface area contributed by atoms with Crippen LogP contribution in [0, 0.1) is 5.92 Å². The van der Waals surface area contributed by atoms with Gasteiger partial charge in [0.2, 0.25) is 10.0 Å². The molecule has 1 aromatic rings. The van der Waals surface area contributed by atoms with E-state index in [1.54, 1.807) is 44.2 Å². The minimum Gasteiger partial charge on any atom is -0.299 e. The molecule has 1 aliphatic rings. The molecule has 18 heavy (non-hydrogen) atoms. The molecule has 2 atom stereocenters. The molecule has 0 aromatic heterocycles. The number of carbonyl (C=O) groups excluding carboxylic acids is 1. The van der Waals surface area contributed by atoms with E-state index in [2.05, 4.69) is 0 Å². The predicted molar refractivity (Wildman–Crippen MR) is 68.6 cm³/mol. The number of carbonyl (C=O) groups is 1. The highest BCUT2D eigenvalue weighted by atomic mass is 32.2. The van der Waals surface area contributed by atoms with Crippen LogP contribution in [0.4, 0.5) is 0 Å². The molecule has 0 bridgehead atoms. The van der Waals surface area contributed by atoms with Crippen LogP contribution in [-0.4, -0.2) is 31.1 Å². The lowest BCUT2D eigenvalue weighted by atomic mass is 9.96. The van der Waals surface area contributed by atoms with E-state index in [1.807, 2.05) is 0 Å². The highest BCUT2D eigenvalue weighted by molar-refractivity contribution is 7.89. The first-order valence-corrected chi connectivity index (χ1v) is 7.46. The van der Waals surface area contributed by atoms with E-state index in [4.69, 9.17) is 0 Å². The zero-order chi connectivity index (χ0) is 13.3. The normalized spacial score (nSPS) is 26.2. The average molecular weight is 267 g/mol. The number of hydrogen-bond donors (Lipinski definition) is 0. The third-order valence-corrected chi connectivity index (χ3v) is 5.34. The summed E-state index contributed by atoms with van der Waals surface area (Å²) in [5, 5.41) is 0. The van der Waals surface area contributed by atoms with Gasteiger partial charge in [0, 0.05) is 24.9 Å². The Kier molecular flexibility index (Phi) is 3.54. The molecule has 1 heterocycles. The van der Waals surface area contributed by atoms with Crippen molar-refractivity contribution in [2.75, 3.05) is 6.54 Å². The maximum Gasteiger partial charge on any atom is 0.243 e. The van der Waals surface area contributed by atoms with Crippen LogP contribution in [0.15, 0.2) is 35.2 Å². The Balaban J connectivity index is 2.34. The van der Waals surface area contributed by atoms with Gasteiger partial charge in [0.15, 0.2) is 0 Å². The topological polar surface area (TPSA) is 54.5 Å². The summed E-state index contributed by atoms with van der Waals surface area (Å²) in [5.74, 6) is -0.0818. The van der Waals surface area contributed by atoms with Gasteiger partial charge < -0.3 is 0 Å². The molecular formula is C13H17NO3S. The molecule has 0 radical (unpaired) electrons. The smallest absolute Gasteiger partial charge is 0.243 e. The molecule has 1 saturated heterocycles. The Morgan fingerprint density at radius 3 is 2.39 bits per heavy atom. The lowest BCUT2D eigenvalue weighted by molar-refractivity contribution is -0.125. The van der Waals surface area contributed by atoms with Gasteiger partial charge >= 0.3 is 0 Å². The molecule has 5 heteroatoms. The Morgan fingerprint density at radius 1 is 1.17 bits per heavy atom. The van der Waals surface area contributed by atoms with Crippen molar-refractivity contribution in [1.82, 2.24) is 4.31 Å². The third kappa shape index (κ3) is 2.33. The Bertz CT molecular complexity index is 539. The average Bonchev–Trinajstić information content (AvgIpc) is 2.34. The molecule has 0 N–H and O–H groups in total. The zero-order valence-corrected chi connectivity index (χ0v) is 11.4. The molecule has 4 nitrogen and oxygen atoms in total. The monoisotopic (exact) mass is 267 g/mol. The molecule has 0 unspecified atom stereocenters. The molecular weight excluding hydrogens is 250 g/mol. The summed E-state index contributed by atoms with van der Waals surface area (Å²) in [7, 11) is -3.49. The number of nitrogens with zero attached hydrogens (tertiary/aromatic N) is 1. The Morgan fingerprint density at radius 2 is 1.78 bits per heavy atom. The van der Waals surface area contributed by atoms with Crippen molar-refractivity contribution >= 4 is 15.8 Å². The first-order valence-electron chi connectivity index (χ1n) is 6.02. The van der Waals surface area contributed by atoms with Crippen LogP contribution in [0.2, 0.25) is 0 Å². The second kappa shape index (κ2) is 4.82. The summed E-state index contributed by atoms with van der Waals surface area (Å²) in [6.45, 7) is 3.84. The van der Waals surface area contributed by atoms with Crippen LogP contribution < -0.4 is 0 Å². The molecule has 0 amide bonds. The third-order valence-electron chi connectivity index (χ3n) is 3.34. The van der Waals surface area contributed by atoms with E-state index < -0.39 is 10.0 Å². The van der Waals surface area contributed by atoms with E-state index >= 15 is 0 Å². The predicted octanol–water partition coefficient (Wildman–Crippen LogP) is 1.67. The van der Waals surface area contributed by atoms with Gasteiger partial charge in [0.05, 0.1) is 4.90 Å². The number of sulfonamides is 1. The summed E-state index contributed by atoms with van der Waals surface area (Å²) >= 11 is 0. The fourth-order valence-corrected chi connectivity index (χ4v) is 3.95. The fourth-order valence-electron chi connectivity index (χ4n) is 2.21. The van der Waals surface area contributed by atoms with Crippen molar-refractivity contribution in [3.05, 3.63) is 30.3 Å². The van der Waals surface area contributed by atoms with Gasteiger partial charge in [0.1, 0.15) is 5.78 Å². The zero-order valence-electron chi connectivity index (χ0n) is 10.5. The van der Waals surface area contributed by atoms with Crippen molar-refractivity contribution in [2.24, 2.45) is 5.92 Å². The minimum atomic E-state index is -3.49. The van der Waals surface area contributed by atoms with E-state index in [1.165, 1.54) is 4.31 Å². The Labute approximate surface area is 108 Å². The summed E-state index contributed by atoms with van der Waals surface area (Å²) < 4.78 is 26.4. The minimum absolute atomic E-state index is 0.141. The van der Waals surface area contributed by atoms with Crippen LogP contribution in [0.25, 0.3) is 0 Å². The number of hydrogen-bond acceptors (Lipinski definition) is 3. The second-order valence-corrected chi connectivity index (χ2v) is 6.70. The van der Waals surface area contributed by atoms with Crippen LogP contribution in [-0.2, 0) is 14.8 Å². The van der Waals surface area contributed by atoms with E-state index in [9.17, 15) is 13.2 Å². The number of piperidine rings is 1. The lowest BCUT2D eigenvalue weighted by Gasteiger charge is -2.34. The van der Waals surface area contributed by atoms with Crippen LogP contribution in [0.5, 0.6) is 0 Å². The van der Waals surface area contributed by atoms with Gasteiger partial charge in [-0.25, -0.2) is 8.42 Å². The van der Waals surface area contributed by atoms with Crippen LogP contribution >= 0.6 is 0 Å². The highest BCUT2D eigenvalue weighted by Crippen LogP contribution is 2.25. The van der Waals surface area contributed by atoms with Crippen molar-refractivity contribution in [3.63, 3.8) is 0 Å². The molecule has 1 aromatic carbocycles. The van der Waals surface area contributed by atoms with Crippen LogP contribution in [0.1, 0.15) is 20.3 Å². The largest absolute Gasteiger partial charge is 0.299 e. The second-order valence-electron chi connectivity index (χ2n) is 4.81. The number of benzene rings is 1. The first kappa shape index (κ1) is 13.2. The maximum absolute atomic E-state index is 12.5. The van der Waals surface area contributed by atoms with E-state index in [0.29, 0.717) is 11.3 Å². The molecule has 1 aliphatic heterocycles. The van der Waals surface area contributed by atoms with Crippen molar-refractivity contribution in [1.29, 1.82) is 0 Å². The number of rotatable bonds is 2. The molecule has 0 aliphatic carbocycles. The van der Waals surface area contributed by atoms with Gasteiger partial charge in [-0.3, -0.25) is 4.79 Å². The number of Topliss-reactive ketones (excluding diaryl/α,β-unsaturated/α-hetero) is 1. The summed E-state index contributed by atoms with van der Waals surface area (Å²) in [6, 6.07) is 8.10. The molecule has 2 rings (SSSR count). The molecule has 98 valence electrons. The van der Waals surface area contributed by atoms with E-state index in [-0.39, 0.29) is 24.3 Å². The van der Waals surface area contributed by atoms with Crippen molar-refractivity contribution < 1.29 is 13.2 Å². The maximum atomic E-state index is 12.5. The van der Waals surface area contributed by atoms with Crippen molar-refractivity contribution in [3.8, 4) is 0 Å². The quantitative estimate of drug-likeness (QED) is 0.819.